The SMILES string of the molecule is CCCOS(=O)(=O)C=S.[H-].[Na+]. The van der Waals surface area contributed by atoms with Gasteiger partial charge in [0.2, 0.25) is 0 Å². The smallest absolute Gasteiger partial charge is 1.00 e. The van der Waals surface area contributed by atoms with E-state index in [1.807, 2.05) is 6.92 Å². The molecule has 0 amide bonds. The van der Waals surface area contributed by atoms with Gasteiger partial charge in [-0.05, 0) is 6.42 Å². The van der Waals surface area contributed by atoms with Gasteiger partial charge in [0, 0.05) is 0 Å². The molecule has 0 saturated heterocycles. The zero-order chi connectivity index (χ0) is 7.33. The summed E-state index contributed by atoms with van der Waals surface area (Å²) in [4.78, 5) is 0. The summed E-state index contributed by atoms with van der Waals surface area (Å²) in [6.07, 6.45) is 0.669. The molecular weight excluding hydrogens is 183 g/mol. The molecule has 0 aromatic carbocycles. The Morgan fingerprint density at radius 2 is 2.20 bits per heavy atom. The Balaban J connectivity index is -0.000000320. The second-order valence-corrected chi connectivity index (χ2v) is 3.40. The molecule has 0 N–H and O–H groups in total. The van der Waals surface area contributed by atoms with Crippen LogP contribution in [0.4, 0.5) is 0 Å². The van der Waals surface area contributed by atoms with Gasteiger partial charge in [-0.3, -0.25) is 4.18 Å². The third kappa shape index (κ3) is 7.11. The third-order valence-corrected chi connectivity index (χ3v) is 2.01. The van der Waals surface area contributed by atoms with Gasteiger partial charge in [0.25, 0.3) is 10.1 Å². The summed E-state index contributed by atoms with van der Waals surface area (Å²) in [5, 5.41) is 0. The van der Waals surface area contributed by atoms with Gasteiger partial charge in [-0.25, -0.2) is 0 Å². The van der Waals surface area contributed by atoms with Crippen molar-refractivity contribution in [3.63, 3.8) is 0 Å². The molecular formula is C4H9NaO3S2. The number of hydrogen-bond donors (Lipinski definition) is 0. The topological polar surface area (TPSA) is 43.4 Å². The maximum absolute atomic E-state index is 10.4. The van der Waals surface area contributed by atoms with Crippen molar-refractivity contribution in [1.82, 2.24) is 0 Å². The maximum atomic E-state index is 10.4. The standard InChI is InChI=1S/C4H8O3S2.Na.H/c1-2-3-7-9(5,6)4-8;;/h4H,2-3H2,1H3;;/q;+1;-1. The van der Waals surface area contributed by atoms with Crippen LogP contribution in [0.15, 0.2) is 0 Å². The van der Waals surface area contributed by atoms with Crippen molar-refractivity contribution < 1.29 is 43.6 Å². The van der Waals surface area contributed by atoms with Crippen LogP contribution in [0.1, 0.15) is 14.8 Å². The average Bonchev–Trinajstić information content (AvgIpc) is 1.84. The zero-order valence-electron chi connectivity index (χ0n) is 7.03. The molecule has 3 nitrogen and oxygen atoms in total. The minimum atomic E-state index is -3.49. The minimum Gasteiger partial charge on any atom is -1.00 e. The predicted molar refractivity (Wildman–Crippen MR) is 39.9 cm³/mol. The second-order valence-electron chi connectivity index (χ2n) is 1.41. The van der Waals surface area contributed by atoms with Crippen molar-refractivity contribution in [2.45, 2.75) is 13.3 Å². The van der Waals surface area contributed by atoms with Crippen LogP contribution >= 0.6 is 12.2 Å². The zero-order valence-corrected chi connectivity index (χ0v) is 9.67. The van der Waals surface area contributed by atoms with Crippen molar-refractivity contribution >= 4 is 27.0 Å². The molecule has 0 rings (SSSR count). The normalized spacial score (nSPS) is 10.1. The van der Waals surface area contributed by atoms with E-state index in [1.54, 1.807) is 0 Å². The summed E-state index contributed by atoms with van der Waals surface area (Å²) in [5.41, 5.74) is 0. The Morgan fingerprint density at radius 3 is 2.50 bits per heavy atom. The molecule has 0 unspecified atom stereocenters. The Hall–Kier alpha value is 1.00. The monoisotopic (exact) mass is 192 g/mol. The Bertz CT molecular complexity index is 180. The van der Waals surface area contributed by atoms with E-state index in [0.717, 1.165) is 0 Å². The summed E-state index contributed by atoms with van der Waals surface area (Å²) in [5.74, 6) is 0. The van der Waals surface area contributed by atoms with Crippen LogP contribution in [0.2, 0.25) is 0 Å². The van der Waals surface area contributed by atoms with E-state index >= 15 is 0 Å². The van der Waals surface area contributed by atoms with Crippen molar-refractivity contribution in [3.05, 3.63) is 0 Å². The number of hydrogen-bond acceptors (Lipinski definition) is 4. The predicted octanol–water partition coefficient (Wildman–Crippen LogP) is -2.18. The average molecular weight is 192 g/mol. The molecule has 0 aliphatic rings. The van der Waals surface area contributed by atoms with E-state index in [2.05, 4.69) is 16.4 Å². The van der Waals surface area contributed by atoms with Gasteiger partial charge in [-0.15, -0.1) is 0 Å². The van der Waals surface area contributed by atoms with E-state index in [4.69, 9.17) is 0 Å². The molecule has 0 aromatic heterocycles. The van der Waals surface area contributed by atoms with E-state index in [9.17, 15) is 8.42 Å². The van der Waals surface area contributed by atoms with Crippen LogP contribution in [-0.2, 0) is 14.3 Å². The molecule has 0 bridgehead atoms. The Labute approximate surface area is 90.0 Å². The largest absolute Gasteiger partial charge is 1.00 e. The van der Waals surface area contributed by atoms with E-state index in [-0.39, 0.29) is 37.6 Å². The molecule has 0 fully saturated rings. The van der Waals surface area contributed by atoms with Gasteiger partial charge in [0.15, 0.2) is 0 Å². The Morgan fingerprint density at radius 1 is 1.70 bits per heavy atom. The first-order valence-corrected chi connectivity index (χ1v) is 4.41. The van der Waals surface area contributed by atoms with Crippen LogP contribution in [0.25, 0.3) is 0 Å². The van der Waals surface area contributed by atoms with Gasteiger partial charge in [-0.2, -0.15) is 8.42 Å². The summed E-state index contributed by atoms with van der Waals surface area (Å²) >= 11 is 4.16. The van der Waals surface area contributed by atoms with Gasteiger partial charge in [0.1, 0.15) is 4.70 Å². The van der Waals surface area contributed by atoms with Crippen LogP contribution in [-0.4, -0.2) is 19.7 Å². The summed E-state index contributed by atoms with van der Waals surface area (Å²) in [7, 11) is -3.49. The van der Waals surface area contributed by atoms with E-state index in [1.165, 1.54) is 0 Å². The first-order valence-electron chi connectivity index (χ1n) is 2.47. The number of rotatable bonds is 4. The van der Waals surface area contributed by atoms with Crippen LogP contribution in [0.5, 0.6) is 0 Å². The molecule has 56 valence electrons. The van der Waals surface area contributed by atoms with Crippen molar-refractivity contribution in [3.8, 4) is 0 Å². The van der Waals surface area contributed by atoms with E-state index in [0.29, 0.717) is 11.1 Å². The number of thiocarbonyl (C=S) groups is 1. The van der Waals surface area contributed by atoms with Gasteiger partial charge < -0.3 is 1.43 Å². The summed E-state index contributed by atoms with van der Waals surface area (Å²) in [6.45, 7) is 2.02. The van der Waals surface area contributed by atoms with Crippen molar-refractivity contribution in [2.75, 3.05) is 6.61 Å². The second kappa shape index (κ2) is 6.69. The molecule has 0 aromatic rings. The van der Waals surface area contributed by atoms with E-state index < -0.39 is 10.1 Å². The van der Waals surface area contributed by atoms with Crippen molar-refractivity contribution in [2.24, 2.45) is 0 Å². The van der Waals surface area contributed by atoms with Crippen LogP contribution in [0, 0.1) is 0 Å². The molecule has 0 aliphatic heterocycles. The van der Waals surface area contributed by atoms with Crippen molar-refractivity contribution in [1.29, 1.82) is 0 Å². The maximum Gasteiger partial charge on any atom is 1.00 e. The third-order valence-electron chi connectivity index (χ3n) is 0.570. The fraction of sp³-hybridized carbons (Fsp3) is 0.750. The summed E-state index contributed by atoms with van der Waals surface area (Å²) in [6, 6.07) is 0. The molecule has 0 atom stereocenters. The summed E-state index contributed by atoms with van der Waals surface area (Å²) < 4.78 is 25.7. The molecule has 0 heterocycles. The molecule has 6 heteroatoms. The fourth-order valence-electron chi connectivity index (χ4n) is 0.227. The Kier molecular flexibility index (Phi) is 9.09. The minimum absolute atomic E-state index is 0. The molecule has 0 saturated carbocycles. The quantitative estimate of drug-likeness (QED) is 0.288. The van der Waals surface area contributed by atoms with Crippen LogP contribution < -0.4 is 29.6 Å². The molecule has 0 radical (unpaired) electrons. The first kappa shape index (κ1) is 13.6. The molecule has 0 aliphatic carbocycles. The molecule has 0 spiro atoms. The molecule has 10 heavy (non-hydrogen) atoms. The first-order chi connectivity index (χ1) is 4.12. The van der Waals surface area contributed by atoms with Gasteiger partial charge in [0.05, 0.1) is 6.61 Å². The van der Waals surface area contributed by atoms with Crippen LogP contribution in [0.3, 0.4) is 0 Å². The van der Waals surface area contributed by atoms with Gasteiger partial charge in [-0.1, -0.05) is 19.1 Å². The fourth-order valence-corrected chi connectivity index (χ4v) is 0.848. The van der Waals surface area contributed by atoms with Gasteiger partial charge >= 0.3 is 29.6 Å².